The molecule has 0 aromatic heterocycles. The number of benzene rings is 6. The topological polar surface area (TPSA) is 0 Å². The molecule has 2 saturated carbocycles. The van der Waals surface area contributed by atoms with E-state index in [1.807, 2.05) is 24.9 Å². The molecular weight excluding hydrogens is 1240 g/mol. The molecule has 0 saturated heterocycles. The zero-order valence-electron chi connectivity index (χ0n) is 41.6. The van der Waals surface area contributed by atoms with Crippen molar-refractivity contribution in [3.8, 4) is 8.74 Å². The predicted molar refractivity (Wildman–Crippen MR) is 308 cm³/mol. The summed E-state index contributed by atoms with van der Waals surface area (Å²) in [6, 6.07) is 59.9. The Hall–Kier alpha value is -6.28. The summed E-state index contributed by atoms with van der Waals surface area (Å²) >= 11 is 3.64. The molecule has 2 fully saturated rings. The van der Waals surface area contributed by atoms with Gasteiger partial charge in [0.25, 0.3) is 0 Å². The van der Waals surface area contributed by atoms with Crippen LogP contribution in [0.1, 0.15) is 92.7 Å². The normalized spacial score (nSPS) is 17.3. The van der Waals surface area contributed by atoms with Crippen molar-refractivity contribution in [3.63, 3.8) is 0 Å². The molecule has 0 heterocycles. The van der Waals surface area contributed by atoms with Gasteiger partial charge in [0.2, 0.25) is 0 Å². The molecule has 0 bridgehead atoms. The summed E-state index contributed by atoms with van der Waals surface area (Å²) in [5.41, 5.74) is 16.4. The van der Waals surface area contributed by atoms with E-state index in [4.69, 9.17) is 0 Å². The predicted octanol–water partition coefficient (Wildman–Crippen LogP) is 17.3. The molecule has 358 valence electrons. The first-order valence-electron chi connectivity index (χ1n) is 25.1. The van der Waals surface area contributed by atoms with Crippen LogP contribution in [0.4, 0.5) is 0 Å². The van der Waals surface area contributed by atoms with Gasteiger partial charge in [-0.2, -0.15) is 0 Å². The van der Waals surface area contributed by atoms with Crippen LogP contribution in [0.25, 0.3) is 36.5 Å². The third kappa shape index (κ3) is 13.2. The van der Waals surface area contributed by atoms with Crippen LogP contribution in [0.2, 0.25) is 0 Å². The van der Waals surface area contributed by atoms with Gasteiger partial charge in [-0.3, -0.25) is 0 Å². The van der Waals surface area contributed by atoms with E-state index in [0.717, 1.165) is 36.8 Å². The molecule has 6 aromatic carbocycles. The van der Waals surface area contributed by atoms with Crippen LogP contribution in [0, 0.1) is 8.74 Å². The molecule has 3 heteroatoms. The number of rotatable bonds is 15. The Balaban J connectivity index is 1.04. The van der Waals surface area contributed by atoms with Gasteiger partial charge in [0, 0.05) is 0 Å². The maximum absolute atomic E-state index is 3.90. The fourth-order valence-electron chi connectivity index (χ4n) is 9.61. The van der Waals surface area contributed by atoms with Crippen LogP contribution in [0.15, 0.2) is 257 Å². The summed E-state index contributed by atoms with van der Waals surface area (Å²) in [6.07, 6.45) is 38.4. The number of hydrogen-bond acceptors (Lipinski definition) is 0. The third-order valence-electron chi connectivity index (χ3n) is 13.4. The molecule has 8 rings (SSSR count). The van der Waals surface area contributed by atoms with Crippen molar-refractivity contribution in [1.82, 2.24) is 0 Å². The Morgan fingerprint density at radius 3 is 1.26 bits per heavy atom. The zero-order valence-corrected chi connectivity index (χ0v) is 47.5. The van der Waals surface area contributed by atoms with E-state index in [2.05, 4.69) is 271 Å². The molecule has 0 amide bonds. The summed E-state index contributed by atoms with van der Waals surface area (Å²) in [4.78, 5) is 0. The zero-order chi connectivity index (χ0) is 50.0. The van der Waals surface area contributed by atoms with Crippen LogP contribution in [0.3, 0.4) is 0 Å². The standard InChI is InChI=1S/C69H62P.2Os/c1-6-20-55-33-37-57(38-34-55)41-42-58-39-35-56(36-40-58)21-17-23-62-24-19-26-66(62)51-63(53(3)4)49-47-59-43-45-60(46-44-59)48-50-64(52-65-25-18-22-61(65)7-2)54(5)70(67-27-11-8-12-28-67,68-29-13-9-14-30-68)69-31-15-10-16-32-69;;/h6-17,20-21,23,27-52H,18-19,22,24-26H2,1-3H3;;/q+1;;/b20-6+,21-17+,42-41+,49-47+,50-48+,61-7?,62-23?,63-53?,64-54?,65-52?,66-51?;;. The number of allylic oxidation sites excluding steroid dienone is 16. The fourth-order valence-corrected chi connectivity index (χ4v) is 15.8. The molecule has 0 radical (unpaired) electrons. The molecule has 72 heavy (non-hydrogen) atoms. The van der Waals surface area contributed by atoms with E-state index in [0.29, 0.717) is 0 Å². The van der Waals surface area contributed by atoms with E-state index < -0.39 is 7.26 Å². The van der Waals surface area contributed by atoms with Crippen LogP contribution in [-0.4, -0.2) is 0 Å². The van der Waals surface area contributed by atoms with Gasteiger partial charge in [-0.05, 0) is 23.6 Å². The van der Waals surface area contributed by atoms with E-state index >= 15 is 0 Å². The first kappa shape index (κ1) is 52.1. The van der Waals surface area contributed by atoms with Crippen LogP contribution < -0.4 is 15.9 Å². The average Bonchev–Trinajstić information content (AvgIpc) is 4.10. The average molecular weight is 1300 g/mol. The van der Waals surface area contributed by atoms with Crippen molar-refractivity contribution in [1.29, 1.82) is 0 Å². The molecule has 2 aliphatic rings. The Morgan fingerprint density at radius 1 is 0.431 bits per heavy atom. The Kier molecular flexibility index (Phi) is 19.1. The first-order valence-corrected chi connectivity index (χ1v) is 29.4. The van der Waals surface area contributed by atoms with Gasteiger partial charge in [0.15, 0.2) is 0 Å². The molecule has 0 spiro atoms. The second kappa shape index (κ2) is 26.4. The summed E-state index contributed by atoms with van der Waals surface area (Å²) in [5.74, 6) is 0. The second-order valence-corrected chi connectivity index (χ2v) is 22.8. The first-order chi connectivity index (χ1) is 35.4. The Bertz CT molecular complexity index is 3160. The van der Waals surface area contributed by atoms with Crippen LogP contribution in [0.5, 0.6) is 0 Å². The quantitative estimate of drug-likeness (QED) is 0.0546. The van der Waals surface area contributed by atoms with E-state index in [9.17, 15) is 0 Å². The molecule has 0 atom stereocenters. The van der Waals surface area contributed by atoms with Gasteiger partial charge in [-0.15, -0.1) is 0 Å². The van der Waals surface area contributed by atoms with Crippen molar-refractivity contribution in [2.45, 2.75) is 59.3 Å². The summed E-state index contributed by atoms with van der Waals surface area (Å²) in [6.45, 7) is 6.40. The molecule has 0 aliphatic heterocycles. The van der Waals surface area contributed by atoms with E-state index in [1.54, 1.807) is 17.9 Å². The van der Waals surface area contributed by atoms with Crippen molar-refractivity contribution in [3.05, 3.63) is 290 Å². The van der Waals surface area contributed by atoms with Crippen LogP contribution >= 0.6 is 7.26 Å². The Labute approximate surface area is 450 Å². The summed E-state index contributed by atoms with van der Waals surface area (Å²) in [7, 11) is -2.38. The molecule has 6 aromatic rings. The minimum absolute atomic E-state index is 1.08. The van der Waals surface area contributed by atoms with E-state index in [-0.39, 0.29) is 0 Å². The van der Waals surface area contributed by atoms with E-state index in [1.165, 1.54) is 95.3 Å². The van der Waals surface area contributed by atoms with Crippen molar-refractivity contribution < 1.29 is 35.9 Å². The van der Waals surface area contributed by atoms with Gasteiger partial charge < -0.3 is 0 Å². The third-order valence-corrected chi connectivity index (χ3v) is 19.8. The molecule has 0 nitrogen and oxygen atoms in total. The van der Waals surface area contributed by atoms with Gasteiger partial charge in [-0.1, -0.05) is 48.6 Å². The summed E-state index contributed by atoms with van der Waals surface area (Å²) < 4.78 is 7.35. The Morgan fingerprint density at radius 2 is 0.819 bits per heavy atom. The monoisotopic (exact) mass is 1310 g/mol. The van der Waals surface area contributed by atoms with Crippen molar-refractivity contribution >= 4 is 59.6 Å². The number of hydrogen-bond donors (Lipinski definition) is 0. The van der Waals surface area contributed by atoms with Gasteiger partial charge in [0.1, 0.15) is 0 Å². The SMILES string of the molecule is CC=C1CCCC1=CC(/C=C/c1ccc(/C=C/C(C=C2CCCC2=C/C=C/c2ccc(/C=C/c3ccc(/C=C/C)cc3)cc2)=C(C)[C]#[Os])cc1)=C([C]#[Os])[P+](c1ccccc1)(c1ccccc1)c1ccccc1. The molecular formula is C69H62Os2P+. The molecule has 0 N–H and O–H groups in total. The molecule has 2 aliphatic carbocycles. The summed E-state index contributed by atoms with van der Waals surface area (Å²) in [5, 5.41) is 5.25. The second-order valence-electron chi connectivity index (χ2n) is 18.1. The van der Waals surface area contributed by atoms with Crippen molar-refractivity contribution in [2.24, 2.45) is 0 Å². The van der Waals surface area contributed by atoms with Gasteiger partial charge in [-0.25, -0.2) is 0 Å². The molecule has 0 unspecified atom stereocenters. The van der Waals surface area contributed by atoms with Crippen LogP contribution in [-0.2, 0) is 35.9 Å². The van der Waals surface area contributed by atoms with Gasteiger partial charge in [0.05, 0.1) is 0 Å². The minimum atomic E-state index is -2.38. The maximum atomic E-state index is 3.90. The van der Waals surface area contributed by atoms with Crippen molar-refractivity contribution in [2.75, 3.05) is 0 Å². The fraction of sp³-hybridized carbons (Fsp3) is 0.130. The van der Waals surface area contributed by atoms with Gasteiger partial charge >= 0.3 is 381 Å².